The highest BCUT2D eigenvalue weighted by atomic mass is 16.6. The number of aromatic carboxylic acids is 1. The molecule has 9 heteroatoms. The van der Waals surface area contributed by atoms with Gasteiger partial charge in [0.15, 0.2) is 5.69 Å². The third-order valence-corrected chi connectivity index (χ3v) is 2.55. The Bertz CT molecular complexity index is 736. The van der Waals surface area contributed by atoms with Crippen LogP contribution in [0.15, 0.2) is 28.8 Å². The summed E-state index contributed by atoms with van der Waals surface area (Å²) in [5.74, 6) is -1.66. The van der Waals surface area contributed by atoms with Crippen LogP contribution in [0.3, 0.4) is 0 Å². The number of nitro benzene ring substituents is 1. The lowest BCUT2D eigenvalue weighted by molar-refractivity contribution is -0.384. The predicted molar refractivity (Wildman–Crippen MR) is 69.2 cm³/mol. The maximum Gasteiger partial charge on any atom is 0.338 e. The second-order valence-electron chi connectivity index (χ2n) is 4.07. The van der Waals surface area contributed by atoms with E-state index in [2.05, 4.69) is 10.5 Å². The average Bonchev–Trinajstić information content (AvgIpc) is 2.85. The number of hydrogen-bond donors (Lipinski definition) is 2. The Morgan fingerprint density at radius 2 is 2.10 bits per heavy atom. The lowest BCUT2D eigenvalue weighted by atomic mass is 10.1. The molecule has 0 radical (unpaired) electrons. The number of aromatic nitrogens is 1. The van der Waals surface area contributed by atoms with E-state index in [0.29, 0.717) is 5.76 Å². The minimum atomic E-state index is -1.40. The molecule has 2 N–H and O–H groups in total. The number of hydrogen-bond acceptors (Lipinski definition) is 6. The van der Waals surface area contributed by atoms with E-state index in [9.17, 15) is 19.7 Å². The third-order valence-electron chi connectivity index (χ3n) is 2.55. The number of carboxylic acid groups (broad SMARTS) is 1. The van der Waals surface area contributed by atoms with Gasteiger partial charge in [0, 0.05) is 18.2 Å². The molecule has 0 aliphatic heterocycles. The van der Waals surface area contributed by atoms with Gasteiger partial charge in [0.05, 0.1) is 16.2 Å². The van der Waals surface area contributed by atoms with E-state index in [4.69, 9.17) is 9.63 Å². The minimum Gasteiger partial charge on any atom is -0.478 e. The third kappa shape index (κ3) is 3.03. The summed E-state index contributed by atoms with van der Waals surface area (Å²) in [4.78, 5) is 32.9. The van der Waals surface area contributed by atoms with E-state index in [1.165, 1.54) is 6.07 Å². The van der Waals surface area contributed by atoms with Gasteiger partial charge in [-0.05, 0) is 13.0 Å². The zero-order valence-corrected chi connectivity index (χ0v) is 10.7. The Morgan fingerprint density at radius 3 is 2.62 bits per heavy atom. The summed E-state index contributed by atoms with van der Waals surface area (Å²) in [5.41, 5.74) is -0.874. The topological polar surface area (TPSA) is 136 Å². The first kappa shape index (κ1) is 14.2. The molecule has 0 spiro atoms. The van der Waals surface area contributed by atoms with Gasteiger partial charge in [-0.25, -0.2) is 4.79 Å². The molecule has 0 atom stereocenters. The molecule has 21 heavy (non-hydrogen) atoms. The molecule has 2 rings (SSSR count). The summed E-state index contributed by atoms with van der Waals surface area (Å²) in [6.45, 7) is 1.60. The van der Waals surface area contributed by atoms with Crippen LogP contribution in [-0.4, -0.2) is 27.1 Å². The van der Waals surface area contributed by atoms with Gasteiger partial charge in [0.2, 0.25) is 0 Å². The van der Waals surface area contributed by atoms with E-state index >= 15 is 0 Å². The monoisotopic (exact) mass is 291 g/mol. The summed E-state index contributed by atoms with van der Waals surface area (Å²) in [5, 5.41) is 25.5. The fraction of sp³-hybridized carbons (Fsp3) is 0.0833. The van der Waals surface area contributed by atoms with Crippen LogP contribution in [0.4, 0.5) is 11.4 Å². The van der Waals surface area contributed by atoms with E-state index < -0.39 is 22.4 Å². The van der Waals surface area contributed by atoms with E-state index in [1.54, 1.807) is 6.92 Å². The highest BCUT2D eigenvalue weighted by Crippen LogP contribution is 2.22. The molecule has 1 aromatic carbocycles. The number of anilines is 1. The quantitative estimate of drug-likeness (QED) is 0.647. The van der Waals surface area contributed by atoms with Gasteiger partial charge in [0.1, 0.15) is 5.76 Å². The summed E-state index contributed by atoms with van der Waals surface area (Å²) < 4.78 is 4.74. The van der Waals surface area contributed by atoms with Crippen LogP contribution in [0.1, 0.15) is 26.6 Å². The zero-order chi connectivity index (χ0) is 15.6. The molecule has 1 amide bonds. The van der Waals surface area contributed by atoms with Crippen molar-refractivity contribution in [1.29, 1.82) is 0 Å². The van der Waals surface area contributed by atoms with Crippen molar-refractivity contribution in [2.45, 2.75) is 6.92 Å². The molecule has 2 aromatic rings. The van der Waals surface area contributed by atoms with Gasteiger partial charge in [0.25, 0.3) is 11.6 Å². The molecule has 0 bridgehead atoms. The van der Waals surface area contributed by atoms with Crippen LogP contribution in [-0.2, 0) is 0 Å². The predicted octanol–water partition coefficient (Wildman–Crippen LogP) is 1.84. The first-order chi connectivity index (χ1) is 9.88. The number of benzene rings is 1. The maximum atomic E-state index is 11.9. The van der Waals surface area contributed by atoms with Crippen molar-refractivity contribution in [1.82, 2.24) is 5.16 Å². The van der Waals surface area contributed by atoms with Crippen LogP contribution in [0, 0.1) is 17.0 Å². The molecule has 1 aromatic heterocycles. The van der Waals surface area contributed by atoms with Crippen molar-refractivity contribution in [3.05, 3.63) is 51.4 Å². The van der Waals surface area contributed by atoms with Crippen LogP contribution >= 0.6 is 0 Å². The number of nitrogens with zero attached hydrogens (tertiary/aromatic N) is 2. The van der Waals surface area contributed by atoms with Crippen molar-refractivity contribution >= 4 is 23.3 Å². The van der Waals surface area contributed by atoms with E-state index in [0.717, 1.165) is 18.2 Å². The normalized spacial score (nSPS) is 10.1. The van der Waals surface area contributed by atoms with Crippen LogP contribution in [0.2, 0.25) is 0 Å². The Kier molecular flexibility index (Phi) is 3.65. The smallest absolute Gasteiger partial charge is 0.338 e. The Labute approximate surface area is 117 Å². The highest BCUT2D eigenvalue weighted by molar-refractivity contribution is 6.07. The van der Waals surface area contributed by atoms with Crippen molar-refractivity contribution in [3.8, 4) is 0 Å². The van der Waals surface area contributed by atoms with Crippen molar-refractivity contribution in [3.63, 3.8) is 0 Å². The summed E-state index contributed by atoms with van der Waals surface area (Å²) in [6.07, 6.45) is 0. The molecule has 9 nitrogen and oxygen atoms in total. The summed E-state index contributed by atoms with van der Waals surface area (Å²) in [6, 6.07) is 4.48. The standard InChI is InChI=1S/C12H9N3O6/c1-6-4-10(14-21-6)11(16)13-9-3-2-7(15(19)20)5-8(9)12(17)18/h2-5H,1H3,(H,13,16)(H,17,18). The van der Waals surface area contributed by atoms with Crippen molar-refractivity contribution < 1.29 is 24.1 Å². The Balaban J connectivity index is 2.33. The molecular formula is C12H9N3O6. The van der Waals surface area contributed by atoms with Crippen molar-refractivity contribution in [2.75, 3.05) is 5.32 Å². The second-order valence-corrected chi connectivity index (χ2v) is 4.07. The summed E-state index contributed by atoms with van der Waals surface area (Å²) >= 11 is 0. The Morgan fingerprint density at radius 1 is 1.38 bits per heavy atom. The first-order valence-corrected chi connectivity index (χ1v) is 5.65. The fourth-order valence-corrected chi connectivity index (χ4v) is 1.59. The van der Waals surface area contributed by atoms with Gasteiger partial charge in [-0.1, -0.05) is 5.16 Å². The fourth-order valence-electron chi connectivity index (χ4n) is 1.59. The SMILES string of the molecule is Cc1cc(C(=O)Nc2ccc([N+](=O)[O-])cc2C(=O)O)no1. The summed E-state index contributed by atoms with van der Waals surface area (Å²) in [7, 11) is 0. The number of nitrogens with one attached hydrogen (secondary N) is 1. The molecule has 0 unspecified atom stereocenters. The van der Waals surface area contributed by atoms with E-state index in [1.807, 2.05) is 0 Å². The molecule has 0 aliphatic carbocycles. The van der Waals surface area contributed by atoms with Crippen LogP contribution in [0.25, 0.3) is 0 Å². The van der Waals surface area contributed by atoms with E-state index in [-0.39, 0.29) is 17.1 Å². The lowest BCUT2D eigenvalue weighted by Crippen LogP contribution is -2.15. The van der Waals surface area contributed by atoms with Crippen LogP contribution < -0.4 is 5.32 Å². The molecule has 0 fully saturated rings. The number of non-ortho nitro benzene ring substituents is 1. The number of carbonyl (C=O) groups excluding carboxylic acids is 1. The van der Waals surface area contributed by atoms with Gasteiger partial charge >= 0.3 is 5.97 Å². The van der Waals surface area contributed by atoms with Gasteiger partial charge < -0.3 is 14.9 Å². The number of amides is 1. The molecular weight excluding hydrogens is 282 g/mol. The first-order valence-electron chi connectivity index (χ1n) is 5.65. The second kappa shape index (κ2) is 5.41. The number of carbonyl (C=O) groups is 2. The zero-order valence-electron chi connectivity index (χ0n) is 10.7. The van der Waals surface area contributed by atoms with Gasteiger partial charge in [-0.2, -0.15) is 0 Å². The van der Waals surface area contributed by atoms with Gasteiger partial charge in [-0.15, -0.1) is 0 Å². The van der Waals surface area contributed by atoms with Crippen molar-refractivity contribution in [2.24, 2.45) is 0 Å². The lowest BCUT2D eigenvalue weighted by Gasteiger charge is -2.06. The van der Waals surface area contributed by atoms with Gasteiger partial charge in [-0.3, -0.25) is 14.9 Å². The largest absolute Gasteiger partial charge is 0.478 e. The molecule has 0 aliphatic rings. The highest BCUT2D eigenvalue weighted by Gasteiger charge is 2.19. The number of rotatable bonds is 4. The molecule has 0 saturated heterocycles. The molecule has 1 heterocycles. The molecule has 0 saturated carbocycles. The van der Waals surface area contributed by atoms with Crippen LogP contribution in [0.5, 0.6) is 0 Å². The Hall–Kier alpha value is -3.23. The number of aryl methyl sites for hydroxylation is 1. The average molecular weight is 291 g/mol. The maximum absolute atomic E-state index is 11.9. The number of carboxylic acids is 1. The number of nitro groups is 1. The minimum absolute atomic E-state index is 0.0257. The molecule has 108 valence electrons.